The van der Waals surface area contributed by atoms with Crippen LogP contribution in [-0.4, -0.2) is 22.5 Å². The summed E-state index contributed by atoms with van der Waals surface area (Å²) in [7, 11) is 0. The molecule has 1 aromatic heterocycles. The van der Waals surface area contributed by atoms with E-state index in [4.69, 9.17) is 5.26 Å². The van der Waals surface area contributed by atoms with Gasteiger partial charge in [0.05, 0.1) is 11.6 Å². The van der Waals surface area contributed by atoms with Crippen molar-refractivity contribution in [3.63, 3.8) is 0 Å². The molecule has 0 saturated heterocycles. The number of aliphatic carboxylic acids is 1. The van der Waals surface area contributed by atoms with Gasteiger partial charge in [-0.25, -0.2) is 0 Å². The van der Waals surface area contributed by atoms with Gasteiger partial charge in [0, 0.05) is 18.0 Å². The van der Waals surface area contributed by atoms with Gasteiger partial charge in [-0.2, -0.15) is 5.26 Å². The standard InChI is InChI=1S/C16H14N2O2S/c17-9-11-1-3-12(4-2-11)10-18-7-5-14-13(6-8-21-14)15(18)16(19)20/h1-4,6,8,15H,5,7,10H2,(H,19,20). The van der Waals surface area contributed by atoms with E-state index in [0.717, 1.165) is 24.1 Å². The maximum absolute atomic E-state index is 11.6. The molecule has 106 valence electrons. The number of hydrogen-bond donors (Lipinski definition) is 1. The van der Waals surface area contributed by atoms with Crippen LogP contribution in [0, 0.1) is 11.3 Å². The first-order chi connectivity index (χ1) is 10.2. The molecular weight excluding hydrogens is 284 g/mol. The van der Waals surface area contributed by atoms with Crippen molar-refractivity contribution in [3.8, 4) is 6.07 Å². The maximum atomic E-state index is 11.6. The monoisotopic (exact) mass is 298 g/mol. The molecule has 1 aliphatic rings. The smallest absolute Gasteiger partial charge is 0.325 e. The minimum Gasteiger partial charge on any atom is -0.480 e. The third-order valence-corrected chi connectivity index (χ3v) is 4.76. The van der Waals surface area contributed by atoms with Gasteiger partial charge < -0.3 is 5.11 Å². The SMILES string of the molecule is N#Cc1ccc(CN2CCc3sccc3C2C(=O)O)cc1. The maximum Gasteiger partial charge on any atom is 0.325 e. The second-order valence-electron chi connectivity index (χ2n) is 5.07. The fourth-order valence-electron chi connectivity index (χ4n) is 2.75. The molecule has 1 aliphatic heterocycles. The summed E-state index contributed by atoms with van der Waals surface area (Å²) < 4.78 is 0. The van der Waals surface area contributed by atoms with Gasteiger partial charge in [-0.05, 0) is 41.1 Å². The first-order valence-corrected chi connectivity index (χ1v) is 7.59. The van der Waals surface area contributed by atoms with Gasteiger partial charge in [-0.1, -0.05) is 12.1 Å². The Morgan fingerprint density at radius 3 is 2.81 bits per heavy atom. The van der Waals surface area contributed by atoms with Gasteiger partial charge in [0.2, 0.25) is 0 Å². The van der Waals surface area contributed by atoms with E-state index in [-0.39, 0.29) is 0 Å². The minimum absolute atomic E-state index is 0.573. The van der Waals surface area contributed by atoms with E-state index in [1.54, 1.807) is 23.5 Å². The second kappa shape index (κ2) is 5.68. The summed E-state index contributed by atoms with van der Waals surface area (Å²) in [5, 5.41) is 20.3. The zero-order valence-corrected chi connectivity index (χ0v) is 12.1. The second-order valence-corrected chi connectivity index (χ2v) is 6.07. The number of nitriles is 1. The van der Waals surface area contributed by atoms with Crippen molar-refractivity contribution in [2.45, 2.75) is 19.0 Å². The van der Waals surface area contributed by atoms with Crippen molar-refractivity contribution in [2.75, 3.05) is 6.54 Å². The molecule has 1 aromatic carbocycles. The molecule has 0 radical (unpaired) electrons. The molecule has 0 fully saturated rings. The van der Waals surface area contributed by atoms with Crippen LogP contribution in [0.3, 0.4) is 0 Å². The lowest BCUT2D eigenvalue weighted by Gasteiger charge is -2.33. The number of rotatable bonds is 3. The Kier molecular flexibility index (Phi) is 3.74. The fourth-order valence-corrected chi connectivity index (χ4v) is 3.65. The quantitative estimate of drug-likeness (QED) is 0.946. The zero-order valence-electron chi connectivity index (χ0n) is 11.3. The predicted molar refractivity (Wildman–Crippen MR) is 80.0 cm³/mol. The number of carbonyl (C=O) groups is 1. The van der Waals surface area contributed by atoms with Crippen LogP contribution in [0.25, 0.3) is 0 Å². The van der Waals surface area contributed by atoms with Gasteiger partial charge >= 0.3 is 5.97 Å². The van der Waals surface area contributed by atoms with Crippen LogP contribution in [-0.2, 0) is 17.8 Å². The van der Waals surface area contributed by atoms with Crippen LogP contribution in [0.2, 0.25) is 0 Å². The number of carboxylic acid groups (broad SMARTS) is 1. The summed E-state index contributed by atoms with van der Waals surface area (Å²) in [6.07, 6.45) is 0.896. The Labute approximate surface area is 126 Å². The van der Waals surface area contributed by atoms with E-state index in [1.807, 2.05) is 28.5 Å². The first kappa shape index (κ1) is 13.8. The number of hydrogen-bond acceptors (Lipinski definition) is 4. The van der Waals surface area contributed by atoms with Crippen LogP contribution in [0.4, 0.5) is 0 Å². The third-order valence-electron chi connectivity index (χ3n) is 3.77. The highest BCUT2D eigenvalue weighted by atomic mass is 32.1. The van der Waals surface area contributed by atoms with Crippen LogP contribution in [0.1, 0.15) is 27.6 Å². The van der Waals surface area contributed by atoms with E-state index in [1.165, 1.54) is 4.88 Å². The van der Waals surface area contributed by atoms with E-state index in [2.05, 4.69) is 6.07 Å². The van der Waals surface area contributed by atoms with Gasteiger partial charge in [-0.15, -0.1) is 11.3 Å². The van der Waals surface area contributed by atoms with Crippen LogP contribution in [0.5, 0.6) is 0 Å². The van der Waals surface area contributed by atoms with Gasteiger partial charge in [0.1, 0.15) is 6.04 Å². The Balaban J connectivity index is 1.84. The average Bonchev–Trinajstić information content (AvgIpc) is 2.95. The molecule has 3 rings (SSSR count). The zero-order chi connectivity index (χ0) is 14.8. The summed E-state index contributed by atoms with van der Waals surface area (Å²) >= 11 is 1.63. The Bertz CT molecular complexity index is 700. The van der Waals surface area contributed by atoms with E-state index in [0.29, 0.717) is 12.1 Å². The van der Waals surface area contributed by atoms with E-state index < -0.39 is 12.0 Å². The Morgan fingerprint density at radius 1 is 1.38 bits per heavy atom. The molecule has 4 nitrogen and oxygen atoms in total. The van der Waals surface area contributed by atoms with Gasteiger partial charge in [-0.3, -0.25) is 9.69 Å². The van der Waals surface area contributed by atoms with Crippen LogP contribution < -0.4 is 0 Å². The van der Waals surface area contributed by atoms with E-state index in [9.17, 15) is 9.90 Å². The molecule has 21 heavy (non-hydrogen) atoms. The van der Waals surface area contributed by atoms with Gasteiger partial charge in [0.25, 0.3) is 0 Å². The first-order valence-electron chi connectivity index (χ1n) is 6.71. The van der Waals surface area contributed by atoms with Crippen molar-refractivity contribution < 1.29 is 9.90 Å². The molecule has 2 heterocycles. The lowest BCUT2D eigenvalue weighted by molar-refractivity contribution is -0.144. The predicted octanol–water partition coefficient (Wildman–Crippen LogP) is 2.80. The molecule has 0 amide bonds. The molecule has 1 unspecified atom stereocenters. The van der Waals surface area contributed by atoms with Crippen LogP contribution >= 0.6 is 11.3 Å². The number of nitrogens with zero attached hydrogens (tertiary/aromatic N) is 2. The van der Waals surface area contributed by atoms with Crippen molar-refractivity contribution in [1.29, 1.82) is 5.26 Å². The highest BCUT2D eigenvalue weighted by Crippen LogP contribution is 2.34. The lowest BCUT2D eigenvalue weighted by atomic mass is 9.99. The normalized spacial score (nSPS) is 18.0. The van der Waals surface area contributed by atoms with Crippen molar-refractivity contribution in [3.05, 3.63) is 57.3 Å². The molecule has 0 spiro atoms. The number of fused-ring (bicyclic) bond motifs is 1. The molecular formula is C16H14N2O2S. The molecule has 1 N–H and O–H groups in total. The van der Waals surface area contributed by atoms with E-state index >= 15 is 0 Å². The fraction of sp³-hybridized carbons (Fsp3) is 0.250. The molecule has 0 saturated carbocycles. The topological polar surface area (TPSA) is 64.3 Å². The highest BCUT2D eigenvalue weighted by molar-refractivity contribution is 7.10. The summed E-state index contributed by atoms with van der Waals surface area (Å²) in [6, 6.07) is 10.8. The summed E-state index contributed by atoms with van der Waals surface area (Å²) in [5.74, 6) is -0.803. The van der Waals surface area contributed by atoms with Crippen molar-refractivity contribution in [1.82, 2.24) is 4.90 Å². The lowest BCUT2D eigenvalue weighted by Crippen LogP contribution is -2.38. The molecule has 0 aliphatic carbocycles. The van der Waals surface area contributed by atoms with Crippen LogP contribution in [0.15, 0.2) is 35.7 Å². The van der Waals surface area contributed by atoms with Gasteiger partial charge in [0.15, 0.2) is 0 Å². The molecule has 2 aromatic rings. The Hall–Kier alpha value is -2.16. The highest BCUT2D eigenvalue weighted by Gasteiger charge is 2.33. The number of benzene rings is 1. The summed E-state index contributed by atoms with van der Waals surface area (Å²) in [4.78, 5) is 14.8. The Morgan fingerprint density at radius 2 is 2.14 bits per heavy atom. The largest absolute Gasteiger partial charge is 0.480 e. The number of carboxylic acids is 1. The molecule has 0 bridgehead atoms. The summed E-state index contributed by atoms with van der Waals surface area (Å²) in [5.41, 5.74) is 2.57. The molecule has 5 heteroatoms. The minimum atomic E-state index is -0.803. The van der Waals surface area contributed by atoms with Crippen molar-refractivity contribution in [2.24, 2.45) is 0 Å². The van der Waals surface area contributed by atoms with Crippen molar-refractivity contribution >= 4 is 17.3 Å². The molecule has 1 atom stereocenters. The summed E-state index contributed by atoms with van der Waals surface area (Å²) in [6.45, 7) is 1.32. The third kappa shape index (κ3) is 2.68. The number of thiophene rings is 1. The average molecular weight is 298 g/mol.